The second kappa shape index (κ2) is 7.43. The molecule has 2 heterocycles. The molecule has 2 aliphatic rings. The number of nitrogens with one attached hydrogen (secondary N) is 1. The number of hydrogen-bond donors (Lipinski definition) is 2. The second-order valence-electron chi connectivity index (χ2n) is 7.50. The Morgan fingerprint density at radius 1 is 1.31 bits per heavy atom. The van der Waals surface area contributed by atoms with E-state index < -0.39 is 11.7 Å². The van der Waals surface area contributed by atoms with Gasteiger partial charge in [-0.05, 0) is 56.0 Å². The number of nitrogen functional groups attached to an aromatic ring is 1. The Bertz CT molecular complexity index is 978. The van der Waals surface area contributed by atoms with Gasteiger partial charge in [-0.15, -0.1) is 0 Å². The minimum atomic E-state index is -0.578. The highest BCUT2D eigenvalue weighted by molar-refractivity contribution is 5.95. The highest BCUT2D eigenvalue weighted by atomic mass is 16.6. The van der Waals surface area contributed by atoms with Gasteiger partial charge in [0, 0.05) is 12.1 Å². The molecule has 1 saturated carbocycles. The molecule has 3 N–H and O–H groups in total. The van der Waals surface area contributed by atoms with Crippen LogP contribution in [0.1, 0.15) is 31.2 Å². The van der Waals surface area contributed by atoms with Crippen molar-refractivity contribution < 1.29 is 14.3 Å². The normalized spacial score (nSPS) is 23.5. The van der Waals surface area contributed by atoms with Gasteiger partial charge in [-0.25, -0.2) is 9.78 Å². The van der Waals surface area contributed by atoms with Gasteiger partial charge in [-0.2, -0.15) is 5.26 Å². The number of rotatable bonds is 3. The molecule has 1 aromatic carbocycles. The number of nitrogens with two attached hydrogens (primary N) is 1. The summed E-state index contributed by atoms with van der Waals surface area (Å²) < 4.78 is 5.71. The van der Waals surface area contributed by atoms with Crippen LogP contribution in [0.2, 0.25) is 0 Å². The number of benzene rings is 1. The monoisotopic (exact) mass is 391 g/mol. The van der Waals surface area contributed by atoms with Crippen LogP contribution in [-0.4, -0.2) is 29.1 Å². The van der Waals surface area contributed by atoms with Gasteiger partial charge >= 0.3 is 6.09 Å². The Labute approximate surface area is 168 Å². The molecule has 0 radical (unpaired) electrons. The maximum Gasteiger partial charge on any atom is 0.416 e. The maximum absolute atomic E-state index is 12.7. The Hall–Kier alpha value is -3.60. The molecule has 29 heavy (non-hydrogen) atoms. The van der Waals surface area contributed by atoms with E-state index in [1.54, 1.807) is 41.4 Å². The van der Waals surface area contributed by atoms with Crippen molar-refractivity contribution in [2.75, 3.05) is 22.5 Å². The average Bonchev–Trinajstić information content (AvgIpc) is 3.06. The third-order valence-electron chi connectivity index (χ3n) is 5.60. The summed E-state index contributed by atoms with van der Waals surface area (Å²) >= 11 is 0. The molecule has 2 amide bonds. The van der Waals surface area contributed by atoms with Gasteiger partial charge in [-0.3, -0.25) is 9.69 Å². The predicted molar refractivity (Wildman–Crippen MR) is 107 cm³/mol. The lowest BCUT2D eigenvalue weighted by atomic mass is 9.78. The van der Waals surface area contributed by atoms with Crippen molar-refractivity contribution >= 4 is 29.2 Å². The standard InChI is InChI=1S/C21H21N5O3/c22-12-14-4-5-16(23)17(11-14)25-19(27)15-6-8-21(9-7-15)13-26(20(28)29-21)18-3-1-2-10-24-18/h1-5,10-11,15H,6-9,13,23H2,(H,25,27). The summed E-state index contributed by atoms with van der Waals surface area (Å²) in [6.45, 7) is 0.439. The summed E-state index contributed by atoms with van der Waals surface area (Å²) in [5.41, 5.74) is 6.63. The summed E-state index contributed by atoms with van der Waals surface area (Å²) in [5, 5.41) is 11.9. The first kappa shape index (κ1) is 18.7. The number of pyridine rings is 1. The van der Waals surface area contributed by atoms with Crippen LogP contribution in [0, 0.1) is 17.2 Å². The fourth-order valence-corrected chi connectivity index (χ4v) is 3.95. The van der Waals surface area contributed by atoms with E-state index in [0.29, 0.717) is 55.0 Å². The number of carbonyl (C=O) groups is 2. The molecular weight excluding hydrogens is 370 g/mol. The molecule has 1 aliphatic heterocycles. The van der Waals surface area contributed by atoms with Crippen molar-refractivity contribution in [2.45, 2.75) is 31.3 Å². The van der Waals surface area contributed by atoms with E-state index >= 15 is 0 Å². The molecule has 1 spiro atoms. The van der Waals surface area contributed by atoms with E-state index in [0.717, 1.165) is 0 Å². The number of amides is 2. The number of carbonyl (C=O) groups excluding carboxylic acids is 2. The third-order valence-corrected chi connectivity index (χ3v) is 5.60. The highest BCUT2D eigenvalue weighted by Gasteiger charge is 2.48. The van der Waals surface area contributed by atoms with E-state index in [-0.39, 0.29) is 11.8 Å². The quantitative estimate of drug-likeness (QED) is 0.776. The molecule has 2 fully saturated rings. The first-order valence-electron chi connectivity index (χ1n) is 9.52. The minimum absolute atomic E-state index is 0.132. The largest absolute Gasteiger partial charge is 0.441 e. The summed E-state index contributed by atoms with van der Waals surface area (Å²) in [6, 6.07) is 12.2. The van der Waals surface area contributed by atoms with Crippen molar-refractivity contribution in [3.05, 3.63) is 48.2 Å². The van der Waals surface area contributed by atoms with E-state index in [2.05, 4.69) is 10.3 Å². The third kappa shape index (κ3) is 3.72. The lowest BCUT2D eigenvalue weighted by Gasteiger charge is -2.34. The van der Waals surface area contributed by atoms with Crippen LogP contribution in [0.5, 0.6) is 0 Å². The van der Waals surface area contributed by atoms with Crippen molar-refractivity contribution in [1.82, 2.24) is 4.98 Å². The Morgan fingerprint density at radius 3 is 2.79 bits per heavy atom. The number of anilines is 3. The van der Waals surface area contributed by atoms with E-state index in [9.17, 15) is 9.59 Å². The van der Waals surface area contributed by atoms with Gasteiger partial charge in [0.1, 0.15) is 11.4 Å². The molecule has 0 atom stereocenters. The fraction of sp³-hybridized carbons (Fsp3) is 0.333. The summed E-state index contributed by atoms with van der Waals surface area (Å²) in [7, 11) is 0. The lowest BCUT2D eigenvalue weighted by Crippen LogP contribution is -2.41. The Kier molecular flexibility index (Phi) is 4.80. The van der Waals surface area contributed by atoms with Crippen molar-refractivity contribution in [3.8, 4) is 6.07 Å². The van der Waals surface area contributed by atoms with Gasteiger partial charge in [0.25, 0.3) is 0 Å². The Balaban J connectivity index is 1.39. The molecule has 1 saturated heterocycles. The lowest BCUT2D eigenvalue weighted by molar-refractivity contribution is -0.122. The van der Waals surface area contributed by atoms with Crippen LogP contribution in [0.25, 0.3) is 0 Å². The molecule has 1 aliphatic carbocycles. The van der Waals surface area contributed by atoms with Gasteiger partial charge in [0.15, 0.2) is 0 Å². The van der Waals surface area contributed by atoms with Crippen LogP contribution < -0.4 is 16.0 Å². The fourth-order valence-electron chi connectivity index (χ4n) is 3.95. The number of nitriles is 1. The molecule has 8 nitrogen and oxygen atoms in total. The van der Waals surface area contributed by atoms with Gasteiger partial charge in [0.05, 0.1) is 29.6 Å². The summed E-state index contributed by atoms with van der Waals surface area (Å²) in [6.07, 6.45) is 3.66. The van der Waals surface area contributed by atoms with E-state index in [1.165, 1.54) is 0 Å². The predicted octanol–water partition coefficient (Wildman–Crippen LogP) is 3.06. The smallest absolute Gasteiger partial charge is 0.416 e. The van der Waals surface area contributed by atoms with Crippen LogP contribution >= 0.6 is 0 Å². The average molecular weight is 391 g/mol. The molecule has 148 valence electrons. The van der Waals surface area contributed by atoms with Crippen molar-refractivity contribution in [3.63, 3.8) is 0 Å². The first-order valence-corrected chi connectivity index (χ1v) is 9.52. The SMILES string of the molecule is N#Cc1ccc(N)c(NC(=O)C2CCC3(CC2)CN(c2ccccn2)C(=O)O3)c1. The van der Waals surface area contributed by atoms with E-state index in [1.807, 2.05) is 12.1 Å². The van der Waals surface area contributed by atoms with Gasteiger partial charge in [-0.1, -0.05) is 6.07 Å². The number of nitrogens with zero attached hydrogens (tertiary/aromatic N) is 3. The second-order valence-corrected chi connectivity index (χ2v) is 7.50. The maximum atomic E-state index is 12.7. The van der Waals surface area contributed by atoms with Gasteiger partial charge < -0.3 is 15.8 Å². The van der Waals surface area contributed by atoms with Crippen LogP contribution in [0.15, 0.2) is 42.6 Å². The molecule has 0 unspecified atom stereocenters. The van der Waals surface area contributed by atoms with Crippen molar-refractivity contribution in [2.24, 2.45) is 5.92 Å². The zero-order chi connectivity index (χ0) is 20.4. The van der Waals surface area contributed by atoms with Crippen LogP contribution in [0.4, 0.5) is 22.0 Å². The summed E-state index contributed by atoms with van der Waals surface area (Å²) in [5.74, 6) is 0.239. The topological polar surface area (TPSA) is 121 Å². The molecular formula is C21H21N5O3. The minimum Gasteiger partial charge on any atom is -0.441 e. The number of ether oxygens (including phenoxy) is 1. The molecule has 0 bridgehead atoms. The molecule has 1 aromatic heterocycles. The summed E-state index contributed by atoms with van der Waals surface area (Å²) in [4.78, 5) is 30.8. The molecule has 2 aromatic rings. The zero-order valence-electron chi connectivity index (χ0n) is 15.8. The molecule has 4 rings (SSSR count). The Morgan fingerprint density at radius 2 is 2.10 bits per heavy atom. The van der Waals surface area contributed by atoms with E-state index in [4.69, 9.17) is 15.7 Å². The molecule has 8 heteroatoms. The highest BCUT2D eigenvalue weighted by Crippen LogP contribution is 2.40. The van der Waals surface area contributed by atoms with Crippen LogP contribution in [0.3, 0.4) is 0 Å². The van der Waals surface area contributed by atoms with Crippen molar-refractivity contribution in [1.29, 1.82) is 5.26 Å². The number of hydrogen-bond acceptors (Lipinski definition) is 6. The van der Waals surface area contributed by atoms with Crippen LogP contribution in [-0.2, 0) is 9.53 Å². The first-order chi connectivity index (χ1) is 14.0. The van der Waals surface area contributed by atoms with Gasteiger partial charge in [0.2, 0.25) is 5.91 Å². The number of aromatic nitrogens is 1. The zero-order valence-corrected chi connectivity index (χ0v) is 15.8.